The lowest BCUT2D eigenvalue weighted by Gasteiger charge is -2.09. The molecule has 1 aromatic rings. The van der Waals surface area contributed by atoms with Gasteiger partial charge in [-0.25, -0.2) is 0 Å². The Bertz CT molecular complexity index is 712. The third-order valence-electron chi connectivity index (χ3n) is 3.52. The van der Waals surface area contributed by atoms with Gasteiger partial charge in [0.2, 0.25) is 0 Å². The van der Waals surface area contributed by atoms with Gasteiger partial charge in [-0.05, 0) is 18.9 Å². The van der Waals surface area contributed by atoms with Crippen LogP contribution in [0, 0.1) is 21.4 Å². The number of anilines is 1. The van der Waals surface area contributed by atoms with Crippen molar-refractivity contribution >= 4 is 17.3 Å². The molecule has 0 unspecified atom stereocenters. The first-order valence-corrected chi connectivity index (χ1v) is 8.58. The van der Waals surface area contributed by atoms with Crippen LogP contribution >= 0.6 is 0 Å². The lowest BCUT2D eigenvalue weighted by molar-refractivity contribution is -0.384. The molecule has 0 heterocycles. The number of benzene rings is 1. The molecular formula is C18H24N4O5. The van der Waals surface area contributed by atoms with Crippen molar-refractivity contribution in [3.8, 4) is 11.8 Å². The van der Waals surface area contributed by atoms with E-state index in [4.69, 9.17) is 14.7 Å². The zero-order chi connectivity index (χ0) is 20.1. The highest BCUT2D eigenvalue weighted by Crippen LogP contribution is 2.28. The number of hydrogen-bond donors (Lipinski definition) is 2. The van der Waals surface area contributed by atoms with E-state index in [2.05, 4.69) is 17.6 Å². The van der Waals surface area contributed by atoms with E-state index in [-0.39, 0.29) is 16.9 Å². The SMILES string of the molecule is CCCCOCCCNC(=O)/C(C#N)=C\Nc1cc([N+](=O)[O-])ccc1OC. The maximum absolute atomic E-state index is 12.0. The van der Waals surface area contributed by atoms with Gasteiger partial charge in [0.1, 0.15) is 17.4 Å². The van der Waals surface area contributed by atoms with Crippen molar-refractivity contribution in [2.24, 2.45) is 0 Å². The van der Waals surface area contributed by atoms with Gasteiger partial charge in [0.05, 0.1) is 17.7 Å². The molecule has 0 aliphatic carbocycles. The second kappa shape index (κ2) is 12.3. The van der Waals surface area contributed by atoms with Crippen LogP contribution in [0.15, 0.2) is 30.0 Å². The van der Waals surface area contributed by atoms with Crippen molar-refractivity contribution in [2.75, 3.05) is 32.2 Å². The molecule has 0 fully saturated rings. The van der Waals surface area contributed by atoms with Crippen LogP contribution in [-0.2, 0) is 9.53 Å². The average Bonchev–Trinajstić information content (AvgIpc) is 2.67. The largest absolute Gasteiger partial charge is 0.495 e. The molecule has 0 saturated carbocycles. The average molecular weight is 376 g/mol. The zero-order valence-corrected chi connectivity index (χ0v) is 15.5. The summed E-state index contributed by atoms with van der Waals surface area (Å²) in [5, 5.41) is 25.4. The summed E-state index contributed by atoms with van der Waals surface area (Å²) in [4.78, 5) is 22.4. The van der Waals surface area contributed by atoms with E-state index in [9.17, 15) is 14.9 Å². The summed E-state index contributed by atoms with van der Waals surface area (Å²) in [5.74, 6) is -0.193. The maximum Gasteiger partial charge on any atom is 0.271 e. The number of unbranched alkanes of at least 4 members (excludes halogenated alkanes) is 1. The molecule has 1 amide bonds. The third kappa shape index (κ3) is 7.75. The number of non-ortho nitro benzene ring substituents is 1. The molecule has 0 radical (unpaired) electrons. The topological polar surface area (TPSA) is 127 Å². The zero-order valence-electron chi connectivity index (χ0n) is 15.5. The molecule has 0 aliphatic rings. The first kappa shape index (κ1) is 21.9. The van der Waals surface area contributed by atoms with Gasteiger partial charge < -0.3 is 20.1 Å². The van der Waals surface area contributed by atoms with Gasteiger partial charge in [0, 0.05) is 38.1 Å². The van der Waals surface area contributed by atoms with Gasteiger partial charge >= 0.3 is 0 Å². The molecule has 0 saturated heterocycles. The minimum atomic E-state index is -0.547. The first-order chi connectivity index (χ1) is 13.0. The van der Waals surface area contributed by atoms with Crippen molar-refractivity contribution in [1.29, 1.82) is 5.26 Å². The summed E-state index contributed by atoms with van der Waals surface area (Å²) < 4.78 is 10.5. The van der Waals surface area contributed by atoms with Crippen LogP contribution in [0.3, 0.4) is 0 Å². The highest BCUT2D eigenvalue weighted by Gasteiger charge is 2.12. The van der Waals surface area contributed by atoms with Gasteiger partial charge in [0.15, 0.2) is 0 Å². The fourth-order valence-electron chi connectivity index (χ4n) is 2.04. The number of nitrogens with zero attached hydrogens (tertiary/aromatic N) is 2. The molecule has 0 spiro atoms. The Morgan fingerprint density at radius 3 is 2.74 bits per heavy atom. The number of amides is 1. The quantitative estimate of drug-likeness (QED) is 0.189. The molecular weight excluding hydrogens is 352 g/mol. The summed E-state index contributed by atoms with van der Waals surface area (Å²) in [5.41, 5.74) is -0.0234. The highest BCUT2D eigenvalue weighted by atomic mass is 16.6. The Morgan fingerprint density at radius 2 is 2.11 bits per heavy atom. The molecule has 0 atom stereocenters. The molecule has 0 bridgehead atoms. The summed E-state index contributed by atoms with van der Waals surface area (Å²) in [6.07, 6.45) is 3.89. The molecule has 27 heavy (non-hydrogen) atoms. The summed E-state index contributed by atoms with van der Waals surface area (Å²) in [6.45, 7) is 3.69. The summed E-state index contributed by atoms with van der Waals surface area (Å²) >= 11 is 0. The predicted octanol–water partition coefficient (Wildman–Crippen LogP) is 2.75. The highest BCUT2D eigenvalue weighted by molar-refractivity contribution is 5.97. The van der Waals surface area contributed by atoms with Gasteiger partial charge in [0.25, 0.3) is 11.6 Å². The Morgan fingerprint density at radius 1 is 1.37 bits per heavy atom. The Hall–Kier alpha value is -3.12. The van der Waals surface area contributed by atoms with Crippen LogP contribution in [-0.4, -0.2) is 37.7 Å². The minimum absolute atomic E-state index is 0.141. The van der Waals surface area contributed by atoms with Crippen molar-refractivity contribution in [3.63, 3.8) is 0 Å². The molecule has 0 aliphatic heterocycles. The Labute approximate surface area is 158 Å². The number of nitro benzene ring substituents is 1. The minimum Gasteiger partial charge on any atom is -0.495 e. The van der Waals surface area contributed by atoms with Crippen LogP contribution in [0.5, 0.6) is 5.75 Å². The first-order valence-electron chi connectivity index (χ1n) is 8.58. The van der Waals surface area contributed by atoms with E-state index >= 15 is 0 Å². The van der Waals surface area contributed by atoms with Crippen molar-refractivity contribution in [1.82, 2.24) is 5.32 Å². The fraction of sp³-hybridized carbons (Fsp3) is 0.444. The number of carbonyl (C=O) groups is 1. The van der Waals surface area contributed by atoms with Crippen molar-refractivity contribution in [3.05, 3.63) is 40.1 Å². The molecule has 1 rings (SSSR count). The fourth-order valence-corrected chi connectivity index (χ4v) is 2.04. The molecule has 146 valence electrons. The van der Waals surface area contributed by atoms with Crippen LogP contribution in [0.1, 0.15) is 26.2 Å². The van der Waals surface area contributed by atoms with Gasteiger partial charge in [-0.2, -0.15) is 5.26 Å². The van der Waals surface area contributed by atoms with E-state index in [1.165, 1.54) is 31.5 Å². The number of ether oxygens (including phenoxy) is 2. The monoisotopic (exact) mass is 376 g/mol. The molecule has 0 aromatic heterocycles. The van der Waals surface area contributed by atoms with Gasteiger partial charge in [-0.15, -0.1) is 0 Å². The number of carbonyl (C=O) groups excluding carboxylic acids is 1. The van der Waals surface area contributed by atoms with Crippen LogP contribution < -0.4 is 15.4 Å². The Balaban J connectivity index is 2.62. The third-order valence-corrected chi connectivity index (χ3v) is 3.52. The molecule has 1 aromatic carbocycles. The van der Waals surface area contributed by atoms with Crippen LogP contribution in [0.4, 0.5) is 11.4 Å². The predicted molar refractivity (Wildman–Crippen MR) is 100 cm³/mol. The van der Waals surface area contributed by atoms with E-state index < -0.39 is 10.8 Å². The smallest absolute Gasteiger partial charge is 0.271 e. The Kier molecular flexibility index (Phi) is 9.96. The lowest BCUT2D eigenvalue weighted by atomic mass is 10.2. The van der Waals surface area contributed by atoms with Crippen LogP contribution in [0.2, 0.25) is 0 Å². The van der Waals surface area contributed by atoms with Gasteiger partial charge in [-0.3, -0.25) is 14.9 Å². The number of nitrogens with one attached hydrogen (secondary N) is 2. The number of hydrogen-bond acceptors (Lipinski definition) is 7. The van der Waals surface area contributed by atoms with Crippen LogP contribution in [0.25, 0.3) is 0 Å². The van der Waals surface area contributed by atoms with E-state index in [1.54, 1.807) is 6.07 Å². The van der Waals surface area contributed by atoms with E-state index in [1.807, 2.05) is 0 Å². The van der Waals surface area contributed by atoms with Crippen molar-refractivity contribution < 1.29 is 19.2 Å². The lowest BCUT2D eigenvalue weighted by Crippen LogP contribution is -2.26. The standard InChI is InChI=1S/C18H24N4O5/c1-3-4-9-27-10-5-8-20-18(23)14(12-19)13-21-16-11-15(22(24)25)6-7-17(16)26-2/h6-7,11,13,21H,3-5,8-10H2,1-2H3,(H,20,23)/b14-13-. The number of nitro groups is 1. The second-order valence-corrected chi connectivity index (χ2v) is 5.53. The van der Waals surface area contributed by atoms with E-state index in [0.717, 1.165) is 12.8 Å². The molecule has 9 heteroatoms. The second-order valence-electron chi connectivity index (χ2n) is 5.53. The van der Waals surface area contributed by atoms with Gasteiger partial charge in [-0.1, -0.05) is 13.3 Å². The molecule has 9 nitrogen and oxygen atoms in total. The molecule has 2 N–H and O–H groups in total. The summed E-state index contributed by atoms with van der Waals surface area (Å²) in [7, 11) is 1.41. The van der Waals surface area contributed by atoms with E-state index in [0.29, 0.717) is 31.9 Å². The number of nitriles is 1. The number of rotatable bonds is 12. The number of methoxy groups -OCH3 is 1. The maximum atomic E-state index is 12.0. The normalized spacial score (nSPS) is 10.8. The summed E-state index contributed by atoms with van der Waals surface area (Å²) in [6, 6.07) is 5.79. The van der Waals surface area contributed by atoms with Crippen molar-refractivity contribution in [2.45, 2.75) is 26.2 Å².